The Labute approximate surface area is 147 Å². The predicted octanol–water partition coefficient (Wildman–Crippen LogP) is 3.20. The Hall–Kier alpha value is -2.50. The van der Waals surface area contributed by atoms with Crippen LogP contribution in [-0.2, 0) is 11.3 Å². The number of pyridine rings is 1. The van der Waals surface area contributed by atoms with Crippen molar-refractivity contribution in [3.05, 3.63) is 66.6 Å². The summed E-state index contributed by atoms with van der Waals surface area (Å²) < 4.78 is 7.39. The van der Waals surface area contributed by atoms with Crippen LogP contribution in [0, 0.1) is 0 Å². The summed E-state index contributed by atoms with van der Waals surface area (Å²) in [5.74, 6) is 0. The van der Waals surface area contributed by atoms with Gasteiger partial charge < -0.3 is 10.1 Å². The second kappa shape index (κ2) is 7.59. The molecular weight excluding hydrogens is 312 g/mol. The van der Waals surface area contributed by atoms with Crippen LogP contribution in [0.2, 0.25) is 0 Å². The van der Waals surface area contributed by atoms with Crippen LogP contribution in [-0.4, -0.2) is 34.0 Å². The molecule has 1 aliphatic rings. The van der Waals surface area contributed by atoms with E-state index in [-0.39, 0.29) is 0 Å². The smallest absolute Gasteiger partial charge is 0.0988 e. The molecule has 2 aromatic heterocycles. The molecule has 128 valence electrons. The van der Waals surface area contributed by atoms with Crippen LogP contribution in [0.5, 0.6) is 0 Å². The highest BCUT2D eigenvalue weighted by Gasteiger charge is 2.16. The molecule has 25 heavy (non-hydrogen) atoms. The Morgan fingerprint density at radius 1 is 1.08 bits per heavy atom. The summed E-state index contributed by atoms with van der Waals surface area (Å²) in [4.78, 5) is 4.25. The molecule has 5 heteroatoms. The van der Waals surface area contributed by atoms with Crippen molar-refractivity contribution in [1.29, 1.82) is 0 Å². The van der Waals surface area contributed by atoms with Gasteiger partial charge in [-0.05, 0) is 37.1 Å². The molecule has 1 fully saturated rings. The third-order valence-electron chi connectivity index (χ3n) is 4.55. The number of hydrogen-bond donors (Lipinski definition) is 1. The lowest BCUT2D eigenvalue weighted by atomic mass is 10.1. The second-order valence-corrected chi connectivity index (χ2v) is 6.29. The van der Waals surface area contributed by atoms with E-state index in [1.54, 1.807) is 6.20 Å². The van der Waals surface area contributed by atoms with Crippen molar-refractivity contribution in [2.24, 2.45) is 0 Å². The highest BCUT2D eigenvalue weighted by atomic mass is 16.5. The van der Waals surface area contributed by atoms with E-state index in [2.05, 4.69) is 34.7 Å². The molecule has 1 saturated heterocycles. The molecule has 1 N–H and O–H groups in total. The van der Waals surface area contributed by atoms with Crippen molar-refractivity contribution in [1.82, 2.24) is 20.1 Å². The number of para-hydroxylation sites is 1. The zero-order chi connectivity index (χ0) is 16.9. The van der Waals surface area contributed by atoms with Crippen LogP contribution in [0.1, 0.15) is 18.4 Å². The van der Waals surface area contributed by atoms with Crippen LogP contribution in [0.25, 0.3) is 16.9 Å². The highest BCUT2D eigenvalue weighted by molar-refractivity contribution is 5.62. The van der Waals surface area contributed by atoms with Gasteiger partial charge in [0, 0.05) is 55.5 Å². The van der Waals surface area contributed by atoms with Gasteiger partial charge in [-0.25, -0.2) is 4.68 Å². The molecule has 3 aromatic rings. The lowest BCUT2D eigenvalue weighted by Gasteiger charge is -2.23. The summed E-state index contributed by atoms with van der Waals surface area (Å²) in [6.07, 6.45) is 7.90. The molecule has 1 aromatic carbocycles. The first-order valence-corrected chi connectivity index (χ1v) is 8.75. The lowest BCUT2D eigenvalue weighted by molar-refractivity contribution is 0.0776. The molecule has 0 saturated carbocycles. The monoisotopic (exact) mass is 334 g/mol. The first kappa shape index (κ1) is 16.0. The van der Waals surface area contributed by atoms with Crippen LogP contribution >= 0.6 is 0 Å². The van der Waals surface area contributed by atoms with Crippen molar-refractivity contribution < 1.29 is 4.74 Å². The van der Waals surface area contributed by atoms with Crippen molar-refractivity contribution in [3.8, 4) is 16.9 Å². The fourth-order valence-corrected chi connectivity index (χ4v) is 3.15. The van der Waals surface area contributed by atoms with Gasteiger partial charge in [0.15, 0.2) is 0 Å². The van der Waals surface area contributed by atoms with E-state index < -0.39 is 0 Å². The topological polar surface area (TPSA) is 52.0 Å². The molecule has 0 amide bonds. The fraction of sp³-hybridized carbons (Fsp3) is 0.300. The Kier molecular flexibility index (Phi) is 4.86. The third kappa shape index (κ3) is 3.78. The van der Waals surface area contributed by atoms with Crippen molar-refractivity contribution in [3.63, 3.8) is 0 Å². The zero-order valence-electron chi connectivity index (χ0n) is 14.1. The molecule has 0 radical (unpaired) electrons. The summed E-state index contributed by atoms with van der Waals surface area (Å²) in [7, 11) is 0. The van der Waals surface area contributed by atoms with Crippen LogP contribution in [0.4, 0.5) is 0 Å². The van der Waals surface area contributed by atoms with Crippen molar-refractivity contribution in [2.75, 3.05) is 13.2 Å². The van der Waals surface area contributed by atoms with Gasteiger partial charge >= 0.3 is 0 Å². The maximum Gasteiger partial charge on any atom is 0.0988 e. The SMILES string of the molecule is c1ccc(-n2cc(CNC3CCOCC3)c(-c3cccnc3)n2)cc1. The number of hydrogen-bond acceptors (Lipinski definition) is 4. The maximum atomic E-state index is 5.44. The Morgan fingerprint density at radius 2 is 1.92 bits per heavy atom. The number of nitrogens with zero attached hydrogens (tertiary/aromatic N) is 3. The normalized spacial score (nSPS) is 15.4. The van der Waals surface area contributed by atoms with E-state index in [1.165, 1.54) is 5.56 Å². The maximum absolute atomic E-state index is 5.44. The molecule has 0 aliphatic carbocycles. The van der Waals surface area contributed by atoms with Crippen LogP contribution in [0.3, 0.4) is 0 Å². The second-order valence-electron chi connectivity index (χ2n) is 6.29. The summed E-state index contributed by atoms with van der Waals surface area (Å²) in [6.45, 7) is 2.48. The lowest BCUT2D eigenvalue weighted by Crippen LogP contribution is -2.34. The summed E-state index contributed by atoms with van der Waals surface area (Å²) in [5.41, 5.74) is 4.27. The highest BCUT2D eigenvalue weighted by Crippen LogP contribution is 2.23. The minimum atomic E-state index is 0.510. The Balaban J connectivity index is 1.62. The predicted molar refractivity (Wildman–Crippen MR) is 97.5 cm³/mol. The van der Waals surface area contributed by atoms with Crippen molar-refractivity contribution >= 4 is 0 Å². The first-order valence-electron chi connectivity index (χ1n) is 8.75. The van der Waals surface area contributed by atoms with Crippen molar-refractivity contribution in [2.45, 2.75) is 25.4 Å². The van der Waals surface area contributed by atoms with E-state index in [9.17, 15) is 0 Å². The zero-order valence-corrected chi connectivity index (χ0v) is 14.1. The van der Waals surface area contributed by atoms with Gasteiger partial charge in [0.1, 0.15) is 0 Å². The van der Waals surface area contributed by atoms with Gasteiger partial charge in [0.25, 0.3) is 0 Å². The molecular formula is C20H22N4O. The van der Waals surface area contributed by atoms with E-state index in [0.717, 1.165) is 49.5 Å². The first-order chi connectivity index (χ1) is 12.4. The minimum absolute atomic E-state index is 0.510. The summed E-state index contributed by atoms with van der Waals surface area (Å²) in [6, 6.07) is 14.7. The van der Waals surface area contributed by atoms with Gasteiger partial charge in [-0.1, -0.05) is 18.2 Å². The molecule has 3 heterocycles. The van der Waals surface area contributed by atoms with Gasteiger partial charge in [-0.15, -0.1) is 0 Å². The number of ether oxygens (including phenoxy) is 1. The van der Waals surface area contributed by atoms with Gasteiger partial charge in [0.2, 0.25) is 0 Å². The van der Waals surface area contributed by atoms with Crippen LogP contribution < -0.4 is 5.32 Å². The van der Waals surface area contributed by atoms with Gasteiger partial charge in [-0.3, -0.25) is 4.98 Å². The average molecular weight is 334 g/mol. The molecule has 5 nitrogen and oxygen atoms in total. The quantitative estimate of drug-likeness (QED) is 0.778. The van der Waals surface area contributed by atoms with E-state index in [0.29, 0.717) is 6.04 Å². The Bertz CT molecular complexity index is 795. The molecule has 1 aliphatic heterocycles. The van der Waals surface area contributed by atoms with Gasteiger partial charge in [0.05, 0.1) is 11.4 Å². The standard InChI is InChI=1S/C20H22N4O/c1-2-6-19(7-3-1)24-15-17(14-22-18-8-11-25-12-9-18)20(23-24)16-5-4-10-21-13-16/h1-7,10,13,15,18,22H,8-9,11-12,14H2. The Morgan fingerprint density at radius 3 is 2.68 bits per heavy atom. The molecule has 0 bridgehead atoms. The number of nitrogens with one attached hydrogen (secondary N) is 1. The minimum Gasteiger partial charge on any atom is -0.381 e. The summed E-state index contributed by atoms with van der Waals surface area (Å²) in [5, 5.41) is 8.49. The fourth-order valence-electron chi connectivity index (χ4n) is 3.15. The van der Waals surface area contributed by atoms with E-state index in [4.69, 9.17) is 9.84 Å². The molecule has 4 rings (SSSR count). The average Bonchev–Trinajstić information content (AvgIpc) is 3.13. The van der Waals surface area contributed by atoms with E-state index >= 15 is 0 Å². The molecule has 0 atom stereocenters. The summed E-state index contributed by atoms with van der Waals surface area (Å²) >= 11 is 0. The van der Waals surface area contributed by atoms with E-state index in [1.807, 2.05) is 35.1 Å². The largest absolute Gasteiger partial charge is 0.381 e. The molecule has 0 spiro atoms. The number of aromatic nitrogens is 3. The van der Waals surface area contributed by atoms with Crippen LogP contribution in [0.15, 0.2) is 61.1 Å². The molecule has 0 unspecified atom stereocenters. The number of rotatable bonds is 5. The van der Waals surface area contributed by atoms with Gasteiger partial charge in [-0.2, -0.15) is 5.10 Å². The number of benzene rings is 1. The third-order valence-corrected chi connectivity index (χ3v) is 4.55.